The first-order chi connectivity index (χ1) is 8.23. The third-order valence-electron chi connectivity index (χ3n) is 3.33. The van der Waals surface area contributed by atoms with E-state index in [9.17, 15) is 9.59 Å². The molecule has 0 aliphatic carbocycles. The third-order valence-corrected chi connectivity index (χ3v) is 3.33. The molecule has 96 valence electrons. The van der Waals surface area contributed by atoms with Crippen molar-refractivity contribution < 1.29 is 0 Å². The maximum absolute atomic E-state index is 12.1. The van der Waals surface area contributed by atoms with Crippen molar-refractivity contribution in [2.45, 2.75) is 26.2 Å². The predicted octanol–water partition coefficient (Wildman–Crippen LogP) is 1.53. The van der Waals surface area contributed by atoms with Gasteiger partial charge >= 0.3 is 5.69 Å². The summed E-state index contributed by atoms with van der Waals surface area (Å²) < 4.78 is 2.65. The first-order valence-electron chi connectivity index (χ1n) is 5.94. The van der Waals surface area contributed by atoms with Crippen LogP contribution in [-0.4, -0.2) is 9.13 Å². The molecule has 0 saturated heterocycles. The lowest BCUT2D eigenvalue weighted by atomic mass is 9.86. The van der Waals surface area contributed by atoms with Crippen LogP contribution in [0.4, 0.5) is 0 Å². The number of aryl methyl sites for hydroxylation is 1. The molecule has 0 aliphatic heterocycles. The number of aromatic nitrogens is 2. The summed E-state index contributed by atoms with van der Waals surface area (Å²) in [6.07, 6.45) is 0. The summed E-state index contributed by atoms with van der Waals surface area (Å²) in [7, 11) is 3.19. The van der Waals surface area contributed by atoms with Crippen LogP contribution in [0, 0.1) is 0 Å². The molecule has 0 spiro atoms. The van der Waals surface area contributed by atoms with Crippen LogP contribution in [0.1, 0.15) is 26.3 Å². The Kier molecular flexibility index (Phi) is 2.69. The first kappa shape index (κ1) is 12.6. The van der Waals surface area contributed by atoms with E-state index in [1.54, 1.807) is 7.05 Å². The van der Waals surface area contributed by atoms with Gasteiger partial charge in [-0.1, -0.05) is 26.8 Å². The lowest BCUT2D eigenvalue weighted by molar-refractivity contribution is 0.590. The molecule has 1 aromatic carbocycles. The molecule has 0 saturated carbocycles. The number of hydrogen-bond acceptors (Lipinski definition) is 2. The van der Waals surface area contributed by atoms with E-state index in [0.717, 1.165) is 10.1 Å². The molecule has 0 amide bonds. The maximum atomic E-state index is 12.1. The fourth-order valence-corrected chi connectivity index (χ4v) is 2.06. The highest BCUT2D eigenvalue weighted by Gasteiger charge is 2.16. The Morgan fingerprint density at radius 2 is 1.61 bits per heavy atom. The SMILES string of the molecule is Cn1c(=O)c2cc(C(C)(C)C)ccc2n(C)c1=O. The van der Waals surface area contributed by atoms with Gasteiger partial charge in [0.2, 0.25) is 0 Å². The number of benzene rings is 1. The van der Waals surface area contributed by atoms with Crippen LogP contribution >= 0.6 is 0 Å². The molecule has 0 radical (unpaired) electrons. The fraction of sp³-hybridized carbons (Fsp3) is 0.429. The van der Waals surface area contributed by atoms with Gasteiger partial charge in [0.25, 0.3) is 5.56 Å². The quantitative estimate of drug-likeness (QED) is 0.707. The summed E-state index contributed by atoms with van der Waals surface area (Å²) in [6, 6.07) is 5.71. The van der Waals surface area contributed by atoms with Crippen LogP contribution in [0.25, 0.3) is 10.9 Å². The molecule has 2 rings (SSSR count). The molecule has 0 atom stereocenters. The zero-order valence-corrected chi connectivity index (χ0v) is 11.4. The number of hydrogen-bond donors (Lipinski definition) is 0. The second-order valence-electron chi connectivity index (χ2n) is 5.69. The van der Waals surface area contributed by atoms with Crippen molar-refractivity contribution >= 4 is 10.9 Å². The van der Waals surface area contributed by atoms with Crippen molar-refractivity contribution in [1.29, 1.82) is 0 Å². The standard InChI is InChI=1S/C14H18N2O2/c1-14(2,3)9-6-7-11-10(8-9)12(17)16(5)13(18)15(11)4/h6-8H,1-5H3. The summed E-state index contributed by atoms with van der Waals surface area (Å²) in [4.78, 5) is 23.9. The van der Waals surface area contributed by atoms with Gasteiger partial charge in [-0.25, -0.2) is 4.79 Å². The molecule has 18 heavy (non-hydrogen) atoms. The van der Waals surface area contributed by atoms with Crippen molar-refractivity contribution in [1.82, 2.24) is 9.13 Å². The topological polar surface area (TPSA) is 44.0 Å². The zero-order chi connectivity index (χ0) is 13.7. The molecule has 4 nitrogen and oxygen atoms in total. The Morgan fingerprint density at radius 1 is 1.00 bits per heavy atom. The highest BCUT2D eigenvalue weighted by molar-refractivity contribution is 5.79. The van der Waals surface area contributed by atoms with Crippen LogP contribution < -0.4 is 11.2 Å². The normalized spacial score (nSPS) is 12.1. The Morgan fingerprint density at radius 3 is 2.17 bits per heavy atom. The van der Waals surface area contributed by atoms with E-state index >= 15 is 0 Å². The predicted molar refractivity (Wildman–Crippen MR) is 73.1 cm³/mol. The van der Waals surface area contributed by atoms with Crippen molar-refractivity contribution in [2.75, 3.05) is 0 Å². The molecule has 0 fully saturated rings. The monoisotopic (exact) mass is 246 g/mol. The summed E-state index contributed by atoms with van der Waals surface area (Å²) in [5.74, 6) is 0. The van der Waals surface area contributed by atoms with Crippen molar-refractivity contribution in [3.63, 3.8) is 0 Å². The van der Waals surface area contributed by atoms with Gasteiger partial charge < -0.3 is 0 Å². The Bertz CT molecular complexity index is 730. The van der Waals surface area contributed by atoms with E-state index in [0.29, 0.717) is 10.9 Å². The van der Waals surface area contributed by atoms with Gasteiger partial charge in [0.05, 0.1) is 10.9 Å². The summed E-state index contributed by atoms with van der Waals surface area (Å²) in [6.45, 7) is 6.29. The van der Waals surface area contributed by atoms with Gasteiger partial charge in [-0.2, -0.15) is 0 Å². The van der Waals surface area contributed by atoms with Crippen LogP contribution in [0.2, 0.25) is 0 Å². The molecule has 0 bridgehead atoms. The number of fused-ring (bicyclic) bond motifs is 1. The van der Waals surface area contributed by atoms with Gasteiger partial charge in [0, 0.05) is 14.1 Å². The first-order valence-corrected chi connectivity index (χ1v) is 5.94. The minimum atomic E-state index is -0.295. The van der Waals surface area contributed by atoms with Crippen molar-refractivity contribution in [3.8, 4) is 0 Å². The van der Waals surface area contributed by atoms with E-state index in [2.05, 4.69) is 20.8 Å². The van der Waals surface area contributed by atoms with E-state index in [1.165, 1.54) is 11.6 Å². The highest BCUT2D eigenvalue weighted by atomic mass is 16.2. The zero-order valence-electron chi connectivity index (χ0n) is 11.4. The second-order valence-corrected chi connectivity index (χ2v) is 5.69. The largest absolute Gasteiger partial charge is 0.330 e. The molecule has 2 aromatic rings. The molecular weight excluding hydrogens is 228 g/mol. The van der Waals surface area contributed by atoms with E-state index in [-0.39, 0.29) is 16.7 Å². The van der Waals surface area contributed by atoms with E-state index in [1.807, 2.05) is 18.2 Å². The van der Waals surface area contributed by atoms with Gasteiger partial charge in [0.1, 0.15) is 0 Å². The average Bonchev–Trinajstić information content (AvgIpc) is 2.32. The maximum Gasteiger partial charge on any atom is 0.330 e. The number of rotatable bonds is 0. The molecule has 1 aromatic heterocycles. The van der Waals surface area contributed by atoms with Crippen molar-refractivity contribution in [3.05, 3.63) is 44.6 Å². The molecule has 0 unspecified atom stereocenters. The number of nitrogens with zero attached hydrogens (tertiary/aromatic N) is 2. The molecular formula is C14H18N2O2. The molecule has 1 heterocycles. The van der Waals surface area contributed by atoms with E-state index < -0.39 is 0 Å². The van der Waals surface area contributed by atoms with Crippen LogP contribution in [-0.2, 0) is 19.5 Å². The molecule has 4 heteroatoms. The molecule has 0 aliphatic rings. The van der Waals surface area contributed by atoms with Gasteiger partial charge in [-0.3, -0.25) is 13.9 Å². The highest BCUT2D eigenvalue weighted by Crippen LogP contribution is 2.24. The third kappa shape index (κ3) is 1.78. The van der Waals surface area contributed by atoms with Gasteiger partial charge in [-0.05, 0) is 23.1 Å². The minimum absolute atomic E-state index is 0.0199. The summed E-state index contributed by atoms with van der Waals surface area (Å²) in [5, 5.41) is 0.590. The second kappa shape index (κ2) is 3.83. The van der Waals surface area contributed by atoms with E-state index in [4.69, 9.17) is 0 Å². The fourth-order valence-electron chi connectivity index (χ4n) is 2.06. The average molecular weight is 246 g/mol. The summed E-state index contributed by atoms with van der Waals surface area (Å²) >= 11 is 0. The van der Waals surface area contributed by atoms with Crippen LogP contribution in [0.15, 0.2) is 27.8 Å². The van der Waals surface area contributed by atoms with Crippen molar-refractivity contribution in [2.24, 2.45) is 14.1 Å². The van der Waals surface area contributed by atoms with Gasteiger partial charge in [-0.15, -0.1) is 0 Å². The molecule has 0 N–H and O–H groups in total. The summed E-state index contributed by atoms with van der Waals surface area (Å²) in [5.41, 5.74) is 1.21. The Balaban J connectivity index is 2.96. The lowest BCUT2D eigenvalue weighted by Crippen LogP contribution is -2.37. The Labute approximate surface area is 105 Å². The lowest BCUT2D eigenvalue weighted by Gasteiger charge is -2.19. The smallest absolute Gasteiger partial charge is 0.296 e. The van der Waals surface area contributed by atoms with Crippen LogP contribution in [0.5, 0.6) is 0 Å². The Hall–Kier alpha value is -1.84. The van der Waals surface area contributed by atoms with Gasteiger partial charge in [0.15, 0.2) is 0 Å². The minimum Gasteiger partial charge on any atom is -0.296 e. The van der Waals surface area contributed by atoms with Crippen LogP contribution in [0.3, 0.4) is 0 Å².